The van der Waals surface area contributed by atoms with Crippen LogP contribution in [0.15, 0.2) is 0 Å². The van der Waals surface area contributed by atoms with E-state index in [1.807, 2.05) is 6.92 Å². The topological polar surface area (TPSA) is 86.7 Å². The Balaban J connectivity index is 2.77. The van der Waals surface area contributed by atoms with Crippen molar-refractivity contribution >= 4 is 17.8 Å². The maximum atomic E-state index is 12.2. The Bertz CT molecular complexity index is 336. The summed E-state index contributed by atoms with van der Waals surface area (Å²) in [5, 5.41) is 11.2. The smallest absolute Gasteiger partial charge is 0.323 e. The number of nitrogens with one attached hydrogen (secondary N) is 1. The maximum absolute atomic E-state index is 12.2. The molecule has 6 nitrogen and oxygen atoms in total. The number of carbonyl (C=O) groups is 3. The predicted molar refractivity (Wildman–Crippen MR) is 60.2 cm³/mol. The first kappa shape index (κ1) is 13.5. The molecule has 0 bridgehead atoms. The number of carboxylic acid groups (broad SMARTS) is 1. The zero-order chi connectivity index (χ0) is 13.1. The summed E-state index contributed by atoms with van der Waals surface area (Å²) in [5.74, 6) is -1.73. The Morgan fingerprint density at radius 3 is 2.29 bits per heavy atom. The van der Waals surface area contributed by atoms with Gasteiger partial charge in [-0.15, -0.1) is 0 Å². The highest BCUT2D eigenvalue weighted by Crippen LogP contribution is 2.47. The third-order valence-electron chi connectivity index (χ3n) is 2.93. The van der Waals surface area contributed by atoms with E-state index in [9.17, 15) is 14.4 Å². The summed E-state index contributed by atoms with van der Waals surface area (Å²) >= 11 is 0. The average Bonchev–Trinajstić information content (AvgIpc) is 3.07. The van der Waals surface area contributed by atoms with Crippen molar-refractivity contribution in [2.45, 2.75) is 26.2 Å². The van der Waals surface area contributed by atoms with Gasteiger partial charge in [0.25, 0.3) is 0 Å². The van der Waals surface area contributed by atoms with Crippen molar-refractivity contribution in [3.8, 4) is 0 Å². The molecule has 0 aliphatic heterocycles. The highest BCUT2D eigenvalue weighted by molar-refractivity contribution is 6.08. The normalized spacial score (nSPS) is 16.1. The van der Waals surface area contributed by atoms with Crippen LogP contribution in [0.4, 0.5) is 0 Å². The van der Waals surface area contributed by atoms with Gasteiger partial charge in [-0.1, -0.05) is 6.92 Å². The molecule has 0 heterocycles. The number of hydrogen-bond donors (Lipinski definition) is 2. The minimum Gasteiger partial charge on any atom is -0.480 e. The van der Waals surface area contributed by atoms with E-state index < -0.39 is 11.4 Å². The van der Waals surface area contributed by atoms with E-state index >= 15 is 0 Å². The molecule has 1 fully saturated rings. The molecule has 17 heavy (non-hydrogen) atoms. The summed E-state index contributed by atoms with van der Waals surface area (Å²) < 4.78 is 0. The molecule has 0 aromatic carbocycles. The summed E-state index contributed by atoms with van der Waals surface area (Å²) in [4.78, 5) is 35.7. The lowest BCUT2D eigenvalue weighted by Crippen LogP contribution is -2.46. The summed E-state index contributed by atoms with van der Waals surface area (Å²) in [6.07, 6.45) is 1.68. The molecule has 2 N–H and O–H groups in total. The molecular weight excluding hydrogens is 224 g/mol. The zero-order valence-corrected chi connectivity index (χ0v) is 10.2. The van der Waals surface area contributed by atoms with Crippen molar-refractivity contribution in [2.75, 3.05) is 20.1 Å². The molecule has 0 spiro atoms. The van der Waals surface area contributed by atoms with Gasteiger partial charge in [0.05, 0.1) is 0 Å². The monoisotopic (exact) mass is 242 g/mol. The fraction of sp³-hybridized carbons (Fsp3) is 0.727. The first-order valence-corrected chi connectivity index (χ1v) is 5.71. The van der Waals surface area contributed by atoms with Gasteiger partial charge in [0.15, 0.2) is 0 Å². The van der Waals surface area contributed by atoms with Crippen LogP contribution in [-0.2, 0) is 14.4 Å². The van der Waals surface area contributed by atoms with Gasteiger partial charge in [-0.05, 0) is 19.3 Å². The number of carbonyl (C=O) groups excluding carboxylic acids is 2. The van der Waals surface area contributed by atoms with E-state index in [1.54, 1.807) is 0 Å². The first-order valence-electron chi connectivity index (χ1n) is 5.71. The fourth-order valence-corrected chi connectivity index (χ4v) is 1.89. The molecule has 0 unspecified atom stereocenters. The molecule has 96 valence electrons. The van der Waals surface area contributed by atoms with Crippen molar-refractivity contribution in [3.05, 3.63) is 0 Å². The maximum Gasteiger partial charge on any atom is 0.323 e. The molecule has 1 saturated carbocycles. The third kappa shape index (κ3) is 2.75. The van der Waals surface area contributed by atoms with Crippen LogP contribution in [0.2, 0.25) is 0 Å². The number of nitrogens with zero attached hydrogens (tertiary/aromatic N) is 1. The second kappa shape index (κ2) is 5.16. The lowest BCUT2D eigenvalue weighted by molar-refractivity contribution is -0.150. The van der Waals surface area contributed by atoms with Crippen LogP contribution in [0.5, 0.6) is 0 Å². The molecule has 1 aliphatic carbocycles. The van der Waals surface area contributed by atoms with Crippen molar-refractivity contribution in [1.82, 2.24) is 10.2 Å². The van der Waals surface area contributed by atoms with E-state index in [-0.39, 0.29) is 18.4 Å². The highest BCUT2D eigenvalue weighted by atomic mass is 16.4. The van der Waals surface area contributed by atoms with Crippen LogP contribution in [0.1, 0.15) is 26.2 Å². The summed E-state index contributed by atoms with van der Waals surface area (Å²) in [6.45, 7) is 1.89. The van der Waals surface area contributed by atoms with Crippen molar-refractivity contribution in [2.24, 2.45) is 5.41 Å². The Morgan fingerprint density at radius 1 is 1.35 bits per heavy atom. The van der Waals surface area contributed by atoms with Gasteiger partial charge in [0, 0.05) is 13.6 Å². The molecular formula is C11H18N2O4. The molecule has 0 aromatic heterocycles. The second-order valence-corrected chi connectivity index (χ2v) is 4.28. The summed E-state index contributed by atoms with van der Waals surface area (Å²) in [5.41, 5.74) is -1.00. The van der Waals surface area contributed by atoms with Crippen LogP contribution in [0.25, 0.3) is 0 Å². The molecule has 2 amide bonds. The number of carboxylic acids is 1. The van der Waals surface area contributed by atoms with Crippen LogP contribution in [-0.4, -0.2) is 47.9 Å². The van der Waals surface area contributed by atoms with Crippen LogP contribution < -0.4 is 5.32 Å². The zero-order valence-electron chi connectivity index (χ0n) is 10.2. The summed E-state index contributed by atoms with van der Waals surface area (Å²) in [6, 6.07) is 0. The van der Waals surface area contributed by atoms with E-state index in [0.29, 0.717) is 25.8 Å². The fourth-order valence-electron chi connectivity index (χ4n) is 1.89. The van der Waals surface area contributed by atoms with Gasteiger partial charge in [-0.3, -0.25) is 14.4 Å². The van der Waals surface area contributed by atoms with Crippen molar-refractivity contribution in [1.29, 1.82) is 0 Å². The molecule has 1 rings (SSSR count). The van der Waals surface area contributed by atoms with E-state index in [4.69, 9.17) is 5.11 Å². The molecule has 6 heteroatoms. The second-order valence-electron chi connectivity index (χ2n) is 4.28. The third-order valence-corrected chi connectivity index (χ3v) is 2.93. The summed E-state index contributed by atoms with van der Waals surface area (Å²) in [7, 11) is 1.48. The predicted octanol–water partition coefficient (Wildman–Crippen LogP) is -0.164. The van der Waals surface area contributed by atoms with Gasteiger partial charge in [0.1, 0.15) is 12.0 Å². The number of rotatable bonds is 6. The van der Waals surface area contributed by atoms with Crippen LogP contribution >= 0.6 is 0 Å². The number of hydrogen-bond acceptors (Lipinski definition) is 3. The SMILES string of the molecule is CCCN(CC(=O)O)C(=O)C1(C(=O)NC)CC1. The minimum absolute atomic E-state index is 0.311. The van der Waals surface area contributed by atoms with Crippen LogP contribution in [0.3, 0.4) is 0 Å². The van der Waals surface area contributed by atoms with E-state index in [0.717, 1.165) is 0 Å². The minimum atomic E-state index is -1.06. The highest BCUT2D eigenvalue weighted by Gasteiger charge is 2.57. The van der Waals surface area contributed by atoms with Gasteiger partial charge in [0.2, 0.25) is 11.8 Å². The lowest BCUT2D eigenvalue weighted by Gasteiger charge is -2.24. The van der Waals surface area contributed by atoms with E-state index in [1.165, 1.54) is 11.9 Å². The number of aliphatic carboxylic acids is 1. The van der Waals surface area contributed by atoms with E-state index in [2.05, 4.69) is 5.32 Å². The van der Waals surface area contributed by atoms with Gasteiger partial charge >= 0.3 is 5.97 Å². The molecule has 0 saturated heterocycles. The molecule has 0 atom stereocenters. The molecule has 0 aromatic rings. The van der Waals surface area contributed by atoms with Gasteiger partial charge in [-0.2, -0.15) is 0 Å². The lowest BCUT2D eigenvalue weighted by atomic mass is 10.0. The first-order chi connectivity index (χ1) is 7.97. The Labute approximate surface area is 100.0 Å². The van der Waals surface area contributed by atoms with Crippen LogP contribution in [0, 0.1) is 5.41 Å². The van der Waals surface area contributed by atoms with Gasteiger partial charge in [-0.25, -0.2) is 0 Å². The Hall–Kier alpha value is -1.59. The van der Waals surface area contributed by atoms with Crippen molar-refractivity contribution in [3.63, 3.8) is 0 Å². The van der Waals surface area contributed by atoms with Gasteiger partial charge < -0.3 is 15.3 Å². The average molecular weight is 242 g/mol. The standard InChI is InChI=1S/C11H18N2O4/c1-3-6-13(7-8(14)15)10(17)11(4-5-11)9(16)12-2/h3-7H2,1-2H3,(H,12,16)(H,14,15). The molecule has 0 radical (unpaired) electrons. The Morgan fingerprint density at radius 2 is 1.94 bits per heavy atom. The molecule has 1 aliphatic rings. The largest absolute Gasteiger partial charge is 0.480 e. The quantitative estimate of drug-likeness (QED) is 0.633. The van der Waals surface area contributed by atoms with Crippen molar-refractivity contribution < 1.29 is 19.5 Å². The number of amides is 2. The Kier molecular flexibility index (Phi) is 4.09.